The molecule has 0 saturated carbocycles. The highest BCUT2D eigenvalue weighted by molar-refractivity contribution is 5.63. The van der Waals surface area contributed by atoms with Crippen LogP contribution < -0.4 is 5.32 Å². The second kappa shape index (κ2) is 9.22. The fraction of sp³-hybridized carbons (Fsp3) is 0.310. The molecule has 1 aliphatic heterocycles. The number of rotatable bonds is 7. The van der Waals surface area contributed by atoms with Gasteiger partial charge in [0.1, 0.15) is 0 Å². The van der Waals surface area contributed by atoms with Crippen molar-refractivity contribution in [2.75, 3.05) is 18.4 Å². The van der Waals surface area contributed by atoms with Crippen molar-refractivity contribution in [3.05, 3.63) is 102 Å². The van der Waals surface area contributed by atoms with Crippen LogP contribution in [0.15, 0.2) is 85.0 Å². The Hall–Kier alpha value is -3.40. The number of piperidine rings is 1. The van der Waals surface area contributed by atoms with E-state index in [0.717, 1.165) is 36.6 Å². The van der Waals surface area contributed by atoms with Gasteiger partial charge in [-0.2, -0.15) is 0 Å². The molecule has 1 atom stereocenters. The summed E-state index contributed by atoms with van der Waals surface area (Å²) in [5, 5.41) is 3.43. The summed E-state index contributed by atoms with van der Waals surface area (Å²) in [6.07, 6.45) is 9.33. The second-order valence-corrected chi connectivity index (χ2v) is 9.40. The van der Waals surface area contributed by atoms with Crippen LogP contribution >= 0.6 is 0 Å². The Labute approximate surface area is 197 Å². The smallest absolute Gasteiger partial charge is 0.0568 e. The molecular weight excluding hydrogens is 404 g/mol. The van der Waals surface area contributed by atoms with Crippen molar-refractivity contribution in [3.8, 4) is 11.1 Å². The first-order valence-electron chi connectivity index (χ1n) is 11.9. The number of pyridine rings is 2. The van der Waals surface area contributed by atoms with Crippen LogP contribution in [0.4, 0.5) is 5.69 Å². The van der Waals surface area contributed by atoms with Gasteiger partial charge < -0.3 is 10.2 Å². The molecule has 0 spiro atoms. The first-order valence-corrected chi connectivity index (χ1v) is 11.9. The van der Waals surface area contributed by atoms with E-state index in [1.807, 2.05) is 25.4 Å². The van der Waals surface area contributed by atoms with Gasteiger partial charge in [-0.05, 0) is 60.7 Å². The number of likely N-dealkylation sites (tertiary alicyclic amines) is 1. The first-order chi connectivity index (χ1) is 16.0. The highest BCUT2D eigenvalue weighted by Gasteiger charge is 2.29. The molecule has 0 bridgehead atoms. The Kier molecular flexibility index (Phi) is 5.99. The van der Waals surface area contributed by atoms with Crippen molar-refractivity contribution < 1.29 is 0 Å². The van der Waals surface area contributed by atoms with Gasteiger partial charge in [0.05, 0.1) is 11.9 Å². The molecule has 2 aliphatic rings. The van der Waals surface area contributed by atoms with Crippen LogP contribution in [0, 0.1) is 12.8 Å². The summed E-state index contributed by atoms with van der Waals surface area (Å²) in [4.78, 5) is 11.6. The van der Waals surface area contributed by atoms with Crippen LogP contribution in [0.3, 0.4) is 0 Å². The van der Waals surface area contributed by atoms with Crippen LogP contribution in [-0.4, -0.2) is 28.0 Å². The number of nitrogens with zero attached hydrogens (tertiary/aromatic N) is 3. The van der Waals surface area contributed by atoms with Gasteiger partial charge in [0.25, 0.3) is 0 Å². The van der Waals surface area contributed by atoms with Crippen molar-refractivity contribution in [2.45, 2.75) is 39.0 Å². The van der Waals surface area contributed by atoms with Gasteiger partial charge in [0.15, 0.2) is 0 Å². The Bertz CT molecular complexity index is 1150. The number of nitrogens with one attached hydrogen (secondary N) is 1. The molecule has 1 unspecified atom stereocenters. The minimum atomic E-state index is 0.566. The van der Waals surface area contributed by atoms with Gasteiger partial charge in [-0.1, -0.05) is 43.8 Å². The minimum absolute atomic E-state index is 0.566. The maximum atomic E-state index is 4.77. The molecule has 3 aromatic rings. The van der Waals surface area contributed by atoms with Gasteiger partial charge >= 0.3 is 0 Å². The maximum absolute atomic E-state index is 4.77. The normalized spacial score (nSPS) is 18.1. The van der Waals surface area contributed by atoms with Crippen LogP contribution in [0.1, 0.15) is 42.6 Å². The van der Waals surface area contributed by atoms with Crippen LogP contribution in [0.2, 0.25) is 0 Å². The third-order valence-electron chi connectivity index (χ3n) is 6.77. The van der Waals surface area contributed by atoms with E-state index in [4.69, 9.17) is 4.98 Å². The molecule has 1 N–H and O–H groups in total. The summed E-state index contributed by atoms with van der Waals surface area (Å²) in [5.74, 6) is 1.26. The SMILES string of the molecule is C=C(Cc1ccc(-c2ccnc(C)c2)cc1)Nc1ccc(C2CCN(C3=CC3C)CC2)nc1. The Morgan fingerprint density at radius 3 is 2.42 bits per heavy atom. The average Bonchev–Trinajstić information content (AvgIpc) is 3.57. The molecule has 4 heteroatoms. The maximum Gasteiger partial charge on any atom is 0.0568 e. The van der Waals surface area contributed by atoms with Gasteiger partial charge in [-0.15, -0.1) is 0 Å². The van der Waals surface area contributed by atoms with E-state index in [2.05, 4.69) is 77.2 Å². The van der Waals surface area contributed by atoms with E-state index in [9.17, 15) is 0 Å². The molecule has 0 amide bonds. The summed E-state index contributed by atoms with van der Waals surface area (Å²) in [7, 11) is 0. The number of benzene rings is 1. The lowest BCUT2D eigenvalue weighted by Gasteiger charge is -2.32. The zero-order valence-corrected chi connectivity index (χ0v) is 19.6. The Balaban J connectivity index is 1.13. The number of hydrogen-bond donors (Lipinski definition) is 1. The van der Waals surface area contributed by atoms with Crippen molar-refractivity contribution in [2.24, 2.45) is 5.92 Å². The third-order valence-corrected chi connectivity index (χ3v) is 6.77. The molecule has 3 heterocycles. The summed E-state index contributed by atoms with van der Waals surface area (Å²) in [6, 6.07) is 17.2. The highest BCUT2D eigenvalue weighted by atomic mass is 15.2. The zero-order chi connectivity index (χ0) is 22.8. The molecular formula is C29H32N4. The fourth-order valence-corrected chi connectivity index (χ4v) is 4.79. The molecule has 5 rings (SSSR count). The highest BCUT2D eigenvalue weighted by Crippen LogP contribution is 2.36. The van der Waals surface area contributed by atoms with E-state index >= 15 is 0 Å². The second-order valence-electron chi connectivity index (χ2n) is 9.40. The average molecular weight is 437 g/mol. The van der Waals surface area contributed by atoms with Gasteiger partial charge in [0, 0.05) is 60.3 Å². The standard InChI is InChI=1S/C29H32N4/c1-20-16-29(20)33-14-11-25(12-15-33)28-9-8-27(19-31-28)32-22(3)17-23-4-6-24(7-5-23)26-10-13-30-21(2)18-26/h4-10,13,16,18-20,25,32H,3,11-12,14-15,17H2,1-2H3. The predicted octanol–water partition coefficient (Wildman–Crippen LogP) is 6.33. The van der Waals surface area contributed by atoms with Crippen molar-refractivity contribution in [1.29, 1.82) is 0 Å². The molecule has 1 aliphatic carbocycles. The molecule has 2 aromatic heterocycles. The monoisotopic (exact) mass is 436 g/mol. The minimum Gasteiger partial charge on any atom is -0.375 e. The van der Waals surface area contributed by atoms with Crippen LogP contribution in [-0.2, 0) is 6.42 Å². The summed E-state index contributed by atoms with van der Waals surface area (Å²) < 4.78 is 0. The van der Waals surface area contributed by atoms with Crippen molar-refractivity contribution in [3.63, 3.8) is 0 Å². The quantitative estimate of drug-likeness (QED) is 0.470. The third kappa shape index (κ3) is 5.16. The molecule has 4 nitrogen and oxygen atoms in total. The fourth-order valence-electron chi connectivity index (χ4n) is 4.79. The van der Waals surface area contributed by atoms with Gasteiger partial charge in [-0.25, -0.2) is 0 Å². The van der Waals surface area contributed by atoms with E-state index in [0.29, 0.717) is 11.8 Å². The molecule has 1 aromatic carbocycles. The van der Waals surface area contributed by atoms with Gasteiger partial charge in [0.2, 0.25) is 0 Å². The number of aromatic nitrogens is 2. The lowest BCUT2D eigenvalue weighted by Crippen LogP contribution is -2.30. The Morgan fingerprint density at radius 1 is 1.03 bits per heavy atom. The van der Waals surface area contributed by atoms with E-state index < -0.39 is 0 Å². The predicted molar refractivity (Wildman–Crippen MR) is 136 cm³/mol. The number of allylic oxidation sites excluding steroid dienone is 3. The molecule has 1 fully saturated rings. The summed E-state index contributed by atoms with van der Waals surface area (Å²) in [5.41, 5.74) is 9.40. The lowest BCUT2D eigenvalue weighted by molar-refractivity contribution is 0.263. The van der Waals surface area contributed by atoms with E-state index in [-0.39, 0.29) is 0 Å². The number of anilines is 1. The summed E-state index contributed by atoms with van der Waals surface area (Å²) >= 11 is 0. The zero-order valence-electron chi connectivity index (χ0n) is 19.6. The number of hydrogen-bond acceptors (Lipinski definition) is 4. The van der Waals surface area contributed by atoms with Crippen LogP contribution in [0.5, 0.6) is 0 Å². The molecule has 168 valence electrons. The van der Waals surface area contributed by atoms with Crippen molar-refractivity contribution >= 4 is 5.69 Å². The molecule has 1 saturated heterocycles. The van der Waals surface area contributed by atoms with Gasteiger partial charge in [-0.3, -0.25) is 9.97 Å². The van der Waals surface area contributed by atoms with E-state index in [1.54, 1.807) is 5.70 Å². The molecule has 0 radical (unpaired) electrons. The molecule has 33 heavy (non-hydrogen) atoms. The lowest BCUT2D eigenvalue weighted by atomic mass is 9.93. The first kappa shape index (κ1) is 21.4. The van der Waals surface area contributed by atoms with Crippen LogP contribution in [0.25, 0.3) is 11.1 Å². The summed E-state index contributed by atoms with van der Waals surface area (Å²) in [6.45, 7) is 10.8. The number of aryl methyl sites for hydroxylation is 1. The Morgan fingerprint density at radius 2 is 1.79 bits per heavy atom. The topological polar surface area (TPSA) is 41.1 Å². The van der Waals surface area contributed by atoms with E-state index in [1.165, 1.54) is 35.2 Å². The largest absolute Gasteiger partial charge is 0.375 e. The van der Waals surface area contributed by atoms with Crippen molar-refractivity contribution in [1.82, 2.24) is 14.9 Å².